The molecule has 0 aromatic heterocycles. The molecule has 116 valence electrons. The molecule has 0 saturated heterocycles. The first-order valence-corrected chi connectivity index (χ1v) is 7.61. The highest BCUT2D eigenvalue weighted by Crippen LogP contribution is 2.34. The van der Waals surface area contributed by atoms with Gasteiger partial charge < -0.3 is 0 Å². The van der Waals surface area contributed by atoms with Crippen molar-refractivity contribution in [1.82, 2.24) is 4.90 Å². The zero-order valence-electron chi connectivity index (χ0n) is 12.3. The molecule has 1 heterocycles. The van der Waals surface area contributed by atoms with E-state index in [0.29, 0.717) is 12.8 Å². The normalized spacial score (nSPS) is 15.0. The molecule has 2 amide bonds. The summed E-state index contributed by atoms with van der Waals surface area (Å²) in [6, 6.07) is 2.13. The second kappa shape index (κ2) is 6.23. The predicted octanol–water partition coefficient (Wildman–Crippen LogP) is 3.90. The quantitative estimate of drug-likeness (QED) is 0.603. The Balaban J connectivity index is 2.49. The van der Waals surface area contributed by atoms with Gasteiger partial charge in [-0.15, -0.1) is 0 Å². The van der Waals surface area contributed by atoms with Crippen LogP contribution >= 0.6 is 23.2 Å². The van der Waals surface area contributed by atoms with Crippen LogP contribution in [-0.4, -0.2) is 28.5 Å². The first kappa shape index (κ1) is 16.7. The average Bonchev–Trinajstić information content (AvgIpc) is 2.68. The highest BCUT2D eigenvalue weighted by atomic mass is 35.5. The molecule has 0 aliphatic carbocycles. The number of rotatable bonds is 5. The van der Waals surface area contributed by atoms with Crippen molar-refractivity contribution in [2.24, 2.45) is 0 Å². The van der Waals surface area contributed by atoms with Crippen LogP contribution in [0, 0.1) is 0 Å². The minimum atomic E-state index is -0.646. The van der Waals surface area contributed by atoms with Crippen molar-refractivity contribution in [3.63, 3.8) is 0 Å². The Kier molecular flexibility index (Phi) is 4.73. The number of hydrogen-bond acceptors (Lipinski definition) is 3. The standard InChI is InChI=1S/C16H15Cl2NO3/c1-4-5-14(8(2)9(3)20)19-15(21)10-6-12(17)13(18)7-11(10)16(19)22/h6-7,14H,2,4-5H2,1,3H3. The van der Waals surface area contributed by atoms with Crippen LogP contribution in [0.15, 0.2) is 24.3 Å². The van der Waals surface area contributed by atoms with Gasteiger partial charge in [-0.2, -0.15) is 0 Å². The monoisotopic (exact) mass is 339 g/mol. The molecule has 1 aliphatic rings. The van der Waals surface area contributed by atoms with E-state index in [1.807, 2.05) is 6.92 Å². The lowest BCUT2D eigenvalue weighted by Gasteiger charge is -2.26. The average molecular weight is 340 g/mol. The van der Waals surface area contributed by atoms with Gasteiger partial charge in [0.05, 0.1) is 27.2 Å². The summed E-state index contributed by atoms with van der Waals surface area (Å²) < 4.78 is 0. The summed E-state index contributed by atoms with van der Waals surface area (Å²) >= 11 is 11.8. The molecule has 0 saturated carbocycles. The molecular formula is C16H15Cl2NO3. The van der Waals surface area contributed by atoms with E-state index >= 15 is 0 Å². The Bertz CT molecular complexity index is 656. The van der Waals surface area contributed by atoms with Crippen molar-refractivity contribution in [2.75, 3.05) is 0 Å². The van der Waals surface area contributed by atoms with Gasteiger partial charge in [-0.1, -0.05) is 43.1 Å². The number of nitrogens with zero attached hydrogens (tertiary/aromatic N) is 1. The Morgan fingerprint density at radius 3 is 2.00 bits per heavy atom. The van der Waals surface area contributed by atoms with Crippen molar-refractivity contribution < 1.29 is 14.4 Å². The van der Waals surface area contributed by atoms with E-state index in [1.54, 1.807) is 0 Å². The number of fused-ring (bicyclic) bond motifs is 1. The summed E-state index contributed by atoms with van der Waals surface area (Å²) in [7, 11) is 0. The van der Waals surface area contributed by atoms with E-state index in [0.717, 1.165) is 4.90 Å². The van der Waals surface area contributed by atoms with Crippen molar-refractivity contribution >= 4 is 40.8 Å². The molecule has 1 aromatic carbocycles. The molecule has 6 heteroatoms. The first-order chi connectivity index (χ1) is 10.3. The van der Waals surface area contributed by atoms with Crippen LogP contribution in [0.25, 0.3) is 0 Å². The van der Waals surface area contributed by atoms with E-state index in [1.165, 1.54) is 19.1 Å². The Morgan fingerprint density at radius 2 is 1.64 bits per heavy atom. The van der Waals surface area contributed by atoms with Gasteiger partial charge in [0.25, 0.3) is 11.8 Å². The third-order valence-electron chi connectivity index (χ3n) is 3.69. The Morgan fingerprint density at radius 1 is 1.18 bits per heavy atom. The van der Waals surface area contributed by atoms with E-state index in [-0.39, 0.29) is 32.5 Å². The van der Waals surface area contributed by atoms with E-state index in [9.17, 15) is 14.4 Å². The SMILES string of the molecule is C=C(C(C)=O)C(CCC)N1C(=O)c2cc(Cl)c(Cl)cc2C1=O. The Hall–Kier alpha value is -1.65. The van der Waals surface area contributed by atoms with Gasteiger partial charge in [-0.05, 0) is 25.5 Å². The third kappa shape index (κ3) is 2.69. The fraction of sp³-hybridized carbons (Fsp3) is 0.312. The molecule has 1 aliphatic heterocycles. The van der Waals surface area contributed by atoms with Crippen LogP contribution in [0.4, 0.5) is 0 Å². The van der Waals surface area contributed by atoms with Crippen LogP contribution < -0.4 is 0 Å². The number of benzene rings is 1. The van der Waals surface area contributed by atoms with Gasteiger partial charge in [0.2, 0.25) is 0 Å². The molecule has 1 atom stereocenters. The lowest BCUT2D eigenvalue weighted by atomic mass is 9.99. The summed E-state index contributed by atoms with van der Waals surface area (Å²) in [5.74, 6) is -1.19. The maximum atomic E-state index is 12.6. The molecule has 0 bridgehead atoms. The summed E-state index contributed by atoms with van der Waals surface area (Å²) in [5.41, 5.74) is 0.655. The Labute approximate surface area is 138 Å². The van der Waals surface area contributed by atoms with Gasteiger partial charge in [0.15, 0.2) is 5.78 Å². The zero-order chi connectivity index (χ0) is 16.6. The first-order valence-electron chi connectivity index (χ1n) is 6.86. The highest BCUT2D eigenvalue weighted by Gasteiger charge is 2.41. The second-order valence-electron chi connectivity index (χ2n) is 5.18. The summed E-state index contributed by atoms with van der Waals surface area (Å²) in [5, 5.41) is 0.418. The van der Waals surface area contributed by atoms with Crippen LogP contribution in [0.3, 0.4) is 0 Å². The third-order valence-corrected chi connectivity index (χ3v) is 4.41. The number of carbonyl (C=O) groups is 3. The maximum Gasteiger partial charge on any atom is 0.262 e. The van der Waals surface area contributed by atoms with Crippen LogP contribution in [0.2, 0.25) is 10.0 Å². The largest absolute Gasteiger partial charge is 0.295 e. The van der Waals surface area contributed by atoms with Gasteiger partial charge in [-0.25, -0.2) is 0 Å². The minimum absolute atomic E-state index is 0.205. The number of amides is 2. The fourth-order valence-electron chi connectivity index (χ4n) is 2.50. The number of ketones is 1. The van der Waals surface area contributed by atoms with Crippen molar-refractivity contribution in [3.05, 3.63) is 45.5 Å². The summed E-state index contributed by atoms with van der Waals surface area (Å²) in [6.45, 7) is 7.02. The highest BCUT2D eigenvalue weighted by molar-refractivity contribution is 6.43. The van der Waals surface area contributed by atoms with E-state index in [2.05, 4.69) is 6.58 Å². The van der Waals surface area contributed by atoms with Gasteiger partial charge in [0.1, 0.15) is 0 Å². The number of halogens is 2. The fourth-order valence-corrected chi connectivity index (χ4v) is 2.83. The maximum absolute atomic E-state index is 12.6. The van der Waals surface area contributed by atoms with E-state index in [4.69, 9.17) is 23.2 Å². The molecule has 1 unspecified atom stereocenters. The lowest BCUT2D eigenvalue weighted by molar-refractivity contribution is -0.114. The van der Waals surface area contributed by atoms with Crippen LogP contribution in [-0.2, 0) is 4.79 Å². The second-order valence-corrected chi connectivity index (χ2v) is 5.99. The molecule has 0 fully saturated rings. The molecule has 0 N–H and O–H groups in total. The molecular weight excluding hydrogens is 325 g/mol. The van der Waals surface area contributed by atoms with Crippen LogP contribution in [0.5, 0.6) is 0 Å². The number of imide groups is 1. The summed E-state index contributed by atoms with van der Waals surface area (Å²) in [6.07, 6.45) is 1.18. The van der Waals surface area contributed by atoms with Crippen molar-refractivity contribution in [1.29, 1.82) is 0 Å². The van der Waals surface area contributed by atoms with Gasteiger partial charge in [-0.3, -0.25) is 19.3 Å². The van der Waals surface area contributed by atoms with Crippen molar-refractivity contribution in [2.45, 2.75) is 32.7 Å². The molecule has 0 radical (unpaired) electrons. The molecule has 22 heavy (non-hydrogen) atoms. The predicted molar refractivity (Wildman–Crippen MR) is 85.5 cm³/mol. The summed E-state index contributed by atoms with van der Waals surface area (Å²) in [4.78, 5) is 37.8. The molecule has 0 spiro atoms. The van der Waals surface area contributed by atoms with Gasteiger partial charge in [0, 0.05) is 5.57 Å². The van der Waals surface area contributed by atoms with Crippen LogP contribution in [0.1, 0.15) is 47.4 Å². The minimum Gasteiger partial charge on any atom is -0.295 e. The zero-order valence-corrected chi connectivity index (χ0v) is 13.8. The molecule has 1 aromatic rings. The number of carbonyl (C=O) groups excluding carboxylic acids is 3. The molecule has 2 rings (SSSR count). The number of Topliss-reactive ketones (excluding diaryl/α,β-unsaturated/α-hetero) is 1. The topological polar surface area (TPSA) is 54.5 Å². The van der Waals surface area contributed by atoms with E-state index < -0.39 is 17.9 Å². The number of hydrogen-bond donors (Lipinski definition) is 0. The smallest absolute Gasteiger partial charge is 0.262 e. The van der Waals surface area contributed by atoms with Crippen molar-refractivity contribution in [3.8, 4) is 0 Å². The lowest BCUT2D eigenvalue weighted by Crippen LogP contribution is -2.42. The van der Waals surface area contributed by atoms with Gasteiger partial charge >= 0.3 is 0 Å². The molecule has 4 nitrogen and oxygen atoms in total.